The molecule has 0 heterocycles. The average Bonchev–Trinajstić information content (AvgIpc) is 2.53. The third-order valence-corrected chi connectivity index (χ3v) is 3.13. The van der Waals surface area contributed by atoms with E-state index in [0.717, 1.165) is 0 Å². The Labute approximate surface area is 138 Å². The largest absolute Gasteiger partial charge is 0.395 e. The molecule has 0 aliphatic carbocycles. The first kappa shape index (κ1) is 16.8. The van der Waals surface area contributed by atoms with E-state index in [1.165, 1.54) is 0 Å². The standard InChI is InChI=1S/C16H16ClN3O3/c17-11-4-3-5-12(10-11)19-16(23)20-14-7-2-1-6-13(14)15(22)18-8-9-21/h1-7,10,21H,8-9H2,(H,18,22)(H2,19,20,23). The highest BCUT2D eigenvalue weighted by Gasteiger charge is 2.12. The van der Waals surface area contributed by atoms with Crippen LogP contribution in [-0.2, 0) is 0 Å². The SMILES string of the molecule is O=C(Nc1cccc(Cl)c1)Nc1ccccc1C(=O)NCCO. The first-order valence-corrected chi connectivity index (χ1v) is 7.29. The van der Waals surface area contributed by atoms with Gasteiger partial charge in [-0.1, -0.05) is 29.8 Å². The number of para-hydroxylation sites is 1. The van der Waals surface area contributed by atoms with Crippen molar-refractivity contribution in [1.82, 2.24) is 5.32 Å². The van der Waals surface area contributed by atoms with E-state index in [0.29, 0.717) is 22.0 Å². The Hall–Kier alpha value is -2.57. The Balaban J connectivity index is 2.07. The zero-order chi connectivity index (χ0) is 16.7. The number of nitrogens with one attached hydrogen (secondary N) is 3. The number of aliphatic hydroxyl groups excluding tert-OH is 1. The highest BCUT2D eigenvalue weighted by molar-refractivity contribution is 6.30. The lowest BCUT2D eigenvalue weighted by atomic mass is 10.1. The molecule has 2 rings (SSSR count). The molecule has 2 aromatic rings. The molecule has 0 spiro atoms. The lowest BCUT2D eigenvalue weighted by Crippen LogP contribution is -2.28. The minimum Gasteiger partial charge on any atom is -0.395 e. The third-order valence-electron chi connectivity index (χ3n) is 2.90. The number of urea groups is 1. The van der Waals surface area contributed by atoms with Gasteiger partial charge in [0.15, 0.2) is 0 Å². The molecule has 3 amide bonds. The number of halogens is 1. The summed E-state index contributed by atoms with van der Waals surface area (Å²) < 4.78 is 0. The number of rotatable bonds is 5. The molecule has 0 bridgehead atoms. The summed E-state index contributed by atoms with van der Waals surface area (Å²) in [5.41, 5.74) is 1.21. The summed E-state index contributed by atoms with van der Waals surface area (Å²) in [6.45, 7) is -0.0154. The van der Waals surface area contributed by atoms with Crippen LogP contribution < -0.4 is 16.0 Å². The van der Waals surface area contributed by atoms with Gasteiger partial charge in [-0.15, -0.1) is 0 Å². The fourth-order valence-electron chi connectivity index (χ4n) is 1.91. The van der Waals surface area contributed by atoms with Crippen molar-refractivity contribution < 1.29 is 14.7 Å². The summed E-state index contributed by atoms with van der Waals surface area (Å²) in [6, 6.07) is 12.8. The number of hydrogen-bond acceptors (Lipinski definition) is 3. The molecule has 7 heteroatoms. The molecular formula is C16H16ClN3O3. The average molecular weight is 334 g/mol. The van der Waals surface area contributed by atoms with Crippen molar-refractivity contribution >= 4 is 34.9 Å². The third kappa shape index (κ3) is 4.98. The minimum atomic E-state index is -0.491. The van der Waals surface area contributed by atoms with E-state index in [9.17, 15) is 9.59 Å². The molecule has 0 aliphatic rings. The van der Waals surface area contributed by atoms with Crippen molar-refractivity contribution in [2.45, 2.75) is 0 Å². The lowest BCUT2D eigenvalue weighted by Gasteiger charge is -2.12. The van der Waals surface area contributed by atoms with Gasteiger partial charge in [0, 0.05) is 17.3 Å². The molecule has 0 saturated heterocycles. The summed E-state index contributed by atoms with van der Waals surface area (Å²) in [5, 5.41) is 17.1. The smallest absolute Gasteiger partial charge is 0.323 e. The Morgan fingerprint density at radius 2 is 1.83 bits per heavy atom. The minimum absolute atomic E-state index is 0.141. The summed E-state index contributed by atoms with van der Waals surface area (Å²) in [4.78, 5) is 24.0. The molecule has 6 nitrogen and oxygen atoms in total. The first-order chi connectivity index (χ1) is 11.1. The van der Waals surface area contributed by atoms with E-state index in [1.54, 1.807) is 48.5 Å². The molecule has 0 unspecified atom stereocenters. The Morgan fingerprint density at radius 3 is 2.57 bits per heavy atom. The van der Waals surface area contributed by atoms with Crippen molar-refractivity contribution in [3.63, 3.8) is 0 Å². The number of amides is 3. The zero-order valence-electron chi connectivity index (χ0n) is 12.2. The second kappa shape index (κ2) is 8.17. The highest BCUT2D eigenvalue weighted by atomic mass is 35.5. The summed E-state index contributed by atoms with van der Waals surface area (Å²) in [6.07, 6.45) is 0. The lowest BCUT2D eigenvalue weighted by molar-refractivity contribution is 0.0945. The predicted molar refractivity (Wildman–Crippen MR) is 90.0 cm³/mol. The van der Waals surface area contributed by atoms with E-state index in [2.05, 4.69) is 16.0 Å². The van der Waals surface area contributed by atoms with Gasteiger partial charge in [-0.2, -0.15) is 0 Å². The highest BCUT2D eigenvalue weighted by Crippen LogP contribution is 2.17. The molecule has 0 fully saturated rings. The maximum atomic E-state index is 12.0. The van der Waals surface area contributed by atoms with Gasteiger partial charge in [0.25, 0.3) is 5.91 Å². The monoisotopic (exact) mass is 333 g/mol. The maximum Gasteiger partial charge on any atom is 0.323 e. The number of anilines is 2. The number of aliphatic hydroxyl groups is 1. The first-order valence-electron chi connectivity index (χ1n) is 6.92. The number of benzene rings is 2. The van der Waals surface area contributed by atoms with E-state index in [-0.39, 0.29) is 19.1 Å². The fourth-order valence-corrected chi connectivity index (χ4v) is 2.10. The molecule has 120 valence electrons. The van der Waals surface area contributed by atoms with Crippen molar-refractivity contribution in [3.05, 3.63) is 59.1 Å². The van der Waals surface area contributed by atoms with Crippen molar-refractivity contribution in [2.24, 2.45) is 0 Å². The van der Waals surface area contributed by atoms with Gasteiger partial charge in [0.05, 0.1) is 17.9 Å². The van der Waals surface area contributed by atoms with Gasteiger partial charge in [-0.25, -0.2) is 4.79 Å². The van der Waals surface area contributed by atoms with Crippen LogP contribution in [0.15, 0.2) is 48.5 Å². The van der Waals surface area contributed by atoms with Crippen LogP contribution in [0, 0.1) is 0 Å². The number of carbonyl (C=O) groups is 2. The van der Waals surface area contributed by atoms with Crippen molar-refractivity contribution in [1.29, 1.82) is 0 Å². The summed E-state index contributed by atoms with van der Waals surface area (Å²) in [7, 11) is 0. The Bertz CT molecular complexity index is 706. The maximum absolute atomic E-state index is 12.0. The zero-order valence-corrected chi connectivity index (χ0v) is 12.9. The molecule has 0 radical (unpaired) electrons. The normalized spacial score (nSPS) is 10.0. The van der Waals surface area contributed by atoms with E-state index in [4.69, 9.17) is 16.7 Å². The van der Waals surface area contributed by atoms with E-state index in [1.807, 2.05) is 0 Å². The predicted octanol–water partition coefficient (Wildman–Crippen LogP) is 2.71. The summed E-state index contributed by atoms with van der Waals surface area (Å²) in [5.74, 6) is -0.377. The van der Waals surface area contributed by atoms with Crippen LogP contribution in [-0.4, -0.2) is 30.2 Å². The second-order valence-corrected chi connectivity index (χ2v) is 5.05. The molecule has 0 aliphatic heterocycles. The number of hydrogen-bond donors (Lipinski definition) is 4. The molecule has 2 aromatic carbocycles. The van der Waals surface area contributed by atoms with Crippen LogP contribution in [0.4, 0.5) is 16.2 Å². The Morgan fingerprint density at radius 1 is 1.04 bits per heavy atom. The van der Waals surface area contributed by atoms with Crippen LogP contribution >= 0.6 is 11.6 Å². The van der Waals surface area contributed by atoms with E-state index < -0.39 is 6.03 Å². The van der Waals surface area contributed by atoms with Gasteiger partial charge in [0.1, 0.15) is 0 Å². The molecule has 0 saturated carbocycles. The quantitative estimate of drug-likeness (QED) is 0.678. The Kier molecular flexibility index (Phi) is 5.96. The van der Waals surface area contributed by atoms with Gasteiger partial charge >= 0.3 is 6.03 Å². The van der Waals surface area contributed by atoms with Crippen LogP contribution in [0.5, 0.6) is 0 Å². The molecule has 0 atom stereocenters. The molecule has 0 aromatic heterocycles. The topological polar surface area (TPSA) is 90.5 Å². The van der Waals surface area contributed by atoms with Crippen LogP contribution in [0.3, 0.4) is 0 Å². The van der Waals surface area contributed by atoms with Crippen molar-refractivity contribution in [3.8, 4) is 0 Å². The van der Waals surface area contributed by atoms with Gasteiger partial charge in [0.2, 0.25) is 0 Å². The summed E-state index contributed by atoms with van der Waals surface area (Å²) >= 11 is 5.86. The van der Waals surface area contributed by atoms with Gasteiger partial charge < -0.3 is 21.1 Å². The molecule has 23 heavy (non-hydrogen) atoms. The van der Waals surface area contributed by atoms with Crippen LogP contribution in [0.1, 0.15) is 10.4 Å². The second-order valence-electron chi connectivity index (χ2n) is 4.61. The van der Waals surface area contributed by atoms with Crippen molar-refractivity contribution in [2.75, 3.05) is 23.8 Å². The fraction of sp³-hybridized carbons (Fsp3) is 0.125. The van der Waals surface area contributed by atoms with Crippen LogP contribution in [0.2, 0.25) is 5.02 Å². The van der Waals surface area contributed by atoms with Crippen LogP contribution in [0.25, 0.3) is 0 Å². The van der Waals surface area contributed by atoms with E-state index >= 15 is 0 Å². The van der Waals surface area contributed by atoms with Gasteiger partial charge in [-0.05, 0) is 30.3 Å². The van der Waals surface area contributed by atoms with Gasteiger partial charge in [-0.3, -0.25) is 4.79 Å². The molecule has 4 N–H and O–H groups in total. The number of carbonyl (C=O) groups excluding carboxylic acids is 2. The molecular weight excluding hydrogens is 318 g/mol.